The molecular formula is C36H33N5O4. The lowest BCUT2D eigenvalue weighted by atomic mass is 10.00. The number of aromatic nitrogens is 3. The summed E-state index contributed by atoms with van der Waals surface area (Å²) in [7, 11) is 1.67. The second kappa shape index (κ2) is 10.9. The van der Waals surface area contributed by atoms with Crippen molar-refractivity contribution in [1.29, 1.82) is 0 Å². The maximum absolute atomic E-state index is 13.8. The fourth-order valence-electron chi connectivity index (χ4n) is 6.44. The van der Waals surface area contributed by atoms with E-state index in [1.165, 1.54) is 18.4 Å². The van der Waals surface area contributed by atoms with Gasteiger partial charge in [0.25, 0.3) is 11.8 Å². The van der Waals surface area contributed by atoms with Crippen LogP contribution in [0.2, 0.25) is 0 Å². The zero-order valence-electron chi connectivity index (χ0n) is 25.2. The maximum atomic E-state index is 13.8. The van der Waals surface area contributed by atoms with Crippen LogP contribution in [-0.2, 0) is 4.74 Å². The summed E-state index contributed by atoms with van der Waals surface area (Å²) in [6.45, 7) is 4.15. The Kier molecular flexibility index (Phi) is 6.64. The van der Waals surface area contributed by atoms with Crippen LogP contribution in [0.1, 0.15) is 50.6 Å². The van der Waals surface area contributed by atoms with Crippen molar-refractivity contribution in [3.05, 3.63) is 95.3 Å². The number of ether oxygens (including phenoxy) is 2. The number of nitrogens with zero attached hydrogens (tertiary/aromatic N) is 4. The standard InChI is InChI=1S/C36H33N5O4/c1-21-27(4-3-5-31(21)41-14-15-45-32-16-25(22-6-7-22)12-13-28(32)36(41)43)33-29-17-30(39-34(29)38-20-37-33)23-8-10-24(11-9-23)35(42)40-18-26(19-40)44-2/h3-5,8-13,16-17,20,22,26H,6-7,14-15,18-19H2,1-2H3,(H,37,38,39). The molecule has 1 N–H and O–H groups in total. The first kappa shape index (κ1) is 27.5. The first-order valence-corrected chi connectivity index (χ1v) is 15.4. The molecule has 0 bridgehead atoms. The average molecular weight is 600 g/mol. The van der Waals surface area contributed by atoms with Crippen molar-refractivity contribution in [2.24, 2.45) is 0 Å². The SMILES string of the molecule is COC1CN(C(=O)c2ccc(-c3cc4c(-c5cccc(N6CCOc7cc(C8CC8)ccc7C6=O)c5C)ncnc4[nH]3)cc2)C1. The van der Waals surface area contributed by atoms with Crippen molar-refractivity contribution in [3.8, 4) is 28.3 Å². The number of fused-ring (bicyclic) bond motifs is 2. The lowest BCUT2D eigenvalue weighted by Gasteiger charge is -2.38. The Labute approximate surface area is 260 Å². The summed E-state index contributed by atoms with van der Waals surface area (Å²) in [6, 6.07) is 21.7. The highest BCUT2D eigenvalue weighted by atomic mass is 16.5. The zero-order chi connectivity index (χ0) is 30.7. The van der Waals surface area contributed by atoms with Gasteiger partial charge in [-0.1, -0.05) is 30.3 Å². The molecule has 0 unspecified atom stereocenters. The molecule has 8 rings (SSSR count). The van der Waals surface area contributed by atoms with Gasteiger partial charge in [0.1, 0.15) is 24.3 Å². The number of H-pyrrole nitrogens is 1. The minimum absolute atomic E-state index is 0.0101. The third-order valence-electron chi connectivity index (χ3n) is 9.29. The van der Waals surface area contributed by atoms with Gasteiger partial charge >= 0.3 is 0 Å². The van der Waals surface area contributed by atoms with Crippen LogP contribution in [0, 0.1) is 6.92 Å². The van der Waals surface area contributed by atoms with E-state index in [0.717, 1.165) is 39.2 Å². The van der Waals surface area contributed by atoms with Gasteiger partial charge in [0.15, 0.2) is 0 Å². The predicted octanol–water partition coefficient (Wildman–Crippen LogP) is 5.99. The molecule has 3 aromatic carbocycles. The monoisotopic (exact) mass is 599 g/mol. The Morgan fingerprint density at radius 3 is 2.60 bits per heavy atom. The van der Waals surface area contributed by atoms with E-state index < -0.39 is 0 Å². The number of hydrogen-bond donors (Lipinski definition) is 1. The Morgan fingerprint density at radius 1 is 1.00 bits per heavy atom. The molecule has 2 aromatic heterocycles. The molecule has 9 nitrogen and oxygen atoms in total. The lowest BCUT2D eigenvalue weighted by molar-refractivity contribution is -0.0191. The van der Waals surface area contributed by atoms with Gasteiger partial charge in [0.2, 0.25) is 0 Å². The highest BCUT2D eigenvalue weighted by Gasteiger charge is 2.32. The van der Waals surface area contributed by atoms with Gasteiger partial charge in [-0.25, -0.2) is 9.97 Å². The summed E-state index contributed by atoms with van der Waals surface area (Å²) < 4.78 is 11.4. The third-order valence-corrected chi connectivity index (χ3v) is 9.29. The molecule has 45 heavy (non-hydrogen) atoms. The van der Waals surface area contributed by atoms with E-state index in [0.29, 0.717) is 54.7 Å². The van der Waals surface area contributed by atoms with Crippen LogP contribution in [0.5, 0.6) is 5.75 Å². The van der Waals surface area contributed by atoms with E-state index in [9.17, 15) is 9.59 Å². The van der Waals surface area contributed by atoms with Gasteiger partial charge in [0.05, 0.1) is 23.9 Å². The minimum atomic E-state index is -0.0589. The third kappa shape index (κ3) is 4.84. The molecule has 0 radical (unpaired) electrons. The number of nitrogens with one attached hydrogen (secondary N) is 1. The normalized spacial score (nSPS) is 16.7. The topological polar surface area (TPSA) is 101 Å². The molecule has 3 aliphatic rings. The number of likely N-dealkylation sites (tertiary alicyclic amines) is 1. The second-order valence-electron chi connectivity index (χ2n) is 12.1. The first-order chi connectivity index (χ1) is 22.0. The second-order valence-corrected chi connectivity index (χ2v) is 12.1. The van der Waals surface area contributed by atoms with Crippen molar-refractivity contribution in [2.75, 3.05) is 38.3 Å². The van der Waals surface area contributed by atoms with Crippen molar-refractivity contribution in [3.63, 3.8) is 0 Å². The quantitative estimate of drug-likeness (QED) is 0.258. The Bertz CT molecular complexity index is 1960. The highest BCUT2D eigenvalue weighted by molar-refractivity contribution is 6.09. The van der Waals surface area contributed by atoms with E-state index in [1.807, 2.05) is 72.5 Å². The van der Waals surface area contributed by atoms with Crippen LogP contribution in [0.15, 0.2) is 73.1 Å². The van der Waals surface area contributed by atoms with Gasteiger partial charge in [-0.15, -0.1) is 0 Å². The molecule has 4 heterocycles. The summed E-state index contributed by atoms with van der Waals surface area (Å²) in [4.78, 5) is 42.9. The minimum Gasteiger partial charge on any atom is -0.491 e. The van der Waals surface area contributed by atoms with Gasteiger partial charge < -0.3 is 24.3 Å². The van der Waals surface area contributed by atoms with E-state index in [1.54, 1.807) is 18.3 Å². The summed E-state index contributed by atoms with van der Waals surface area (Å²) in [5.41, 5.74) is 8.54. The molecule has 1 saturated carbocycles. The summed E-state index contributed by atoms with van der Waals surface area (Å²) >= 11 is 0. The average Bonchev–Trinajstić information content (AvgIpc) is 3.82. The number of carbonyl (C=O) groups excluding carboxylic acids is 2. The molecular weight excluding hydrogens is 566 g/mol. The molecule has 0 atom stereocenters. The Hall–Kier alpha value is -5.02. The summed E-state index contributed by atoms with van der Waals surface area (Å²) in [5, 5.41) is 0.877. The van der Waals surface area contributed by atoms with Crippen molar-refractivity contribution in [2.45, 2.75) is 31.8 Å². The summed E-state index contributed by atoms with van der Waals surface area (Å²) in [6.07, 6.45) is 4.08. The molecule has 1 saturated heterocycles. The van der Waals surface area contributed by atoms with Crippen molar-refractivity contribution in [1.82, 2.24) is 19.9 Å². The van der Waals surface area contributed by atoms with E-state index in [4.69, 9.17) is 14.5 Å². The number of amides is 2. The van der Waals surface area contributed by atoms with Gasteiger partial charge in [-0.05, 0) is 78.8 Å². The van der Waals surface area contributed by atoms with E-state index in [-0.39, 0.29) is 17.9 Å². The number of benzene rings is 3. The molecule has 226 valence electrons. The van der Waals surface area contributed by atoms with Gasteiger partial charge in [0, 0.05) is 48.1 Å². The van der Waals surface area contributed by atoms with Crippen LogP contribution in [-0.4, -0.2) is 71.1 Å². The van der Waals surface area contributed by atoms with Crippen LogP contribution in [0.4, 0.5) is 5.69 Å². The van der Waals surface area contributed by atoms with E-state index >= 15 is 0 Å². The van der Waals surface area contributed by atoms with Crippen LogP contribution in [0.25, 0.3) is 33.5 Å². The Balaban J connectivity index is 1.09. The van der Waals surface area contributed by atoms with Crippen molar-refractivity contribution < 1.29 is 19.1 Å². The van der Waals surface area contributed by atoms with Gasteiger partial charge in [-0.2, -0.15) is 0 Å². The van der Waals surface area contributed by atoms with Crippen LogP contribution < -0.4 is 9.64 Å². The molecule has 2 fully saturated rings. The molecule has 2 amide bonds. The number of methoxy groups -OCH3 is 1. The molecule has 0 spiro atoms. The van der Waals surface area contributed by atoms with Crippen LogP contribution in [0.3, 0.4) is 0 Å². The molecule has 2 aliphatic heterocycles. The smallest absolute Gasteiger partial charge is 0.262 e. The molecule has 1 aliphatic carbocycles. The largest absolute Gasteiger partial charge is 0.491 e. The predicted molar refractivity (Wildman–Crippen MR) is 172 cm³/mol. The van der Waals surface area contributed by atoms with Crippen LogP contribution >= 0.6 is 0 Å². The number of carbonyl (C=O) groups is 2. The van der Waals surface area contributed by atoms with Gasteiger partial charge in [-0.3, -0.25) is 9.59 Å². The molecule has 9 heteroatoms. The summed E-state index contributed by atoms with van der Waals surface area (Å²) in [5.74, 6) is 1.22. The molecule has 5 aromatic rings. The maximum Gasteiger partial charge on any atom is 0.262 e. The fourth-order valence-corrected chi connectivity index (χ4v) is 6.44. The number of hydrogen-bond acceptors (Lipinski definition) is 6. The highest BCUT2D eigenvalue weighted by Crippen LogP contribution is 2.42. The fraction of sp³-hybridized carbons (Fsp3) is 0.278. The first-order valence-electron chi connectivity index (χ1n) is 15.4. The number of anilines is 1. The number of rotatable bonds is 6. The number of aromatic amines is 1. The van der Waals surface area contributed by atoms with E-state index in [2.05, 4.69) is 16.0 Å². The van der Waals surface area contributed by atoms with Crippen molar-refractivity contribution >= 4 is 28.5 Å². The lowest BCUT2D eigenvalue weighted by Crippen LogP contribution is -2.54. The zero-order valence-corrected chi connectivity index (χ0v) is 25.2. The Morgan fingerprint density at radius 2 is 1.82 bits per heavy atom.